The number of amides is 2. The zero-order valence-corrected chi connectivity index (χ0v) is 15.7. The van der Waals surface area contributed by atoms with Gasteiger partial charge in [0.25, 0.3) is 0 Å². The highest BCUT2D eigenvalue weighted by molar-refractivity contribution is 8.00. The molecule has 0 fully saturated rings. The molecule has 4 nitrogen and oxygen atoms in total. The second-order valence-corrected chi connectivity index (χ2v) is 7.03. The van der Waals surface area contributed by atoms with E-state index in [2.05, 4.69) is 10.6 Å². The van der Waals surface area contributed by atoms with Gasteiger partial charge in [-0.05, 0) is 56.2 Å². The highest BCUT2D eigenvalue weighted by Crippen LogP contribution is 2.22. The van der Waals surface area contributed by atoms with Crippen LogP contribution in [0.4, 0.5) is 11.4 Å². The molecule has 0 bridgehead atoms. The lowest BCUT2D eigenvalue weighted by Crippen LogP contribution is -2.14. The molecular weight excluding hydrogens is 332 g/mol. The van der Waals surface area contributed by atoms with E-state index in [0.717, 1.165) is 28.3 Å². The van der Waals surface area contributed by atoms with Crippen LogP contribution in [0.25, 0.3) is 0 Å². The van der Waals surface area contributed by atoms with Crippen molar-refractivity contribution in [2.24, 2.45) is 0 Å². The third-order valence-corrected chi connectivity index (χ3v) is 4.65. The van der Waals surface area contributed by atoms with Crippen molar-refractivity contribution in [1.82, 2.24) is 0 Å². The van der Waals surface area contributed by atoms with Gasteiger partial charge in [0.2, 0.25) is 11.8 Å². The summed E-state index contributed by atoms with van der Waals surface area (Å²) in [4.78, 5) is 24.7. The minimum absolute atomic E-state index is 0.0238. The van der Waals surface area contributed by atoms with Crippen molar-refractivity contribution in [1.29, 1.82) is 0 Å². The van der Waals surface area contributed by atoms with Crippen LogP contribution in [-0.2, 0) is 9.59 Å². The van der Waals surface area contributed by atoms with E-state index in [0.29, 0.717) is 12.2 Å². The molecule has 5 heteroatoms. The van der Waals surface area contributed by atoms with Gasteiger partial charge in [-0.2, -0.15) is 0 Å². The molecule has 132 valence electrons. The van der Waals surface area contributed by atoms with Gasteiger partial charge in [-0.15, -0.1) is 11.8 Å². The molecule has 2 aromatic rings. The summed E-state index contributed by atoms with van der Waals surface area (Å²) in [5.41, 5.74) is 3.87. The van der Waals surface area contributed by atoms with Crippen molar-refractivity contribution in [2.45, 2.75) is 38.5 Å². The Morgan fingerprint density at radius 3 is 2.32 bits per heavy atom. The molecule has 0 aliphatic heterocycles. The van der Waals surface area contributed by atoms with Gasteiger partial charge in [-0.3, -0.25) is 9.59 Å². The fourth-order valence-corrected chi connectivity index (χ4v) is 3.07. The summed E-state index contributed by atoms with van der Waals surface area (Å²) in [6.45, 7) is 5.99. The van der Waals surface area contributed by atoms with Crippen molar-refractivity contribution in [3.05, 3.63) is 53.6 Å². The summed E-state index contributed by atoms with van der Waals surface area (Å²) < 4.78 is 0. The van der Waals surface area contributed by atoms with Crippen molar-refractivity contribution in [3.63, 3.8) is 0 Å². The Bertz CT molecular complexity index is 742. The van der Waals surface area contributed by atoms with Gasteiger partial charge in [0.15, 0.2) is 0 Å². The number of nitrogens with one attached hydrogen (secondary N) is 2. The molecule has 0 saturated heterocycles. The number of thioether (sulfide) groups is 1. The molecule has 0 spiro atoms. The Morgan fingerprint density at radius 2 is 1.68 bits per heavy atom. The van der Waals surface area contributed by atoms with Crippen LogP contribution in [0.15, 0.2) is 47.4 Å². The summed E-state index contributed by atoms with van der Waals surface area (Å²) in [7, 11) is 0. The Balaban J connectivity index is 1.84. The van der Waals surface area contributed by atoms with Gasteiger partial charge in [-0.1, -0.05) is 24.6 Å². The third kappa shape index (κ3) is 6.27. The van der Waals surface area contributed by atoms with Crippen LogP contribution in [0.5, 0.6) is 0 Å². The highest BCUT2D eigenvalue weighted by Gasteiger charge is 2.06. The molecule has 0 unspecified atom stereocenters. The van der Waals surface area contributed by atoms with Gasteiger partial charge >= 0.3 is 0 Å². The fourth-order valence-electron chi connectivity index (χ4n) is 2.37. The van der Waals surface area contributed by atoms with Gasteiger partial charge < -0.3 is 10.6 Å². The van der Waals surface area contributed by atoms with Crippen molar-refractivity contribution in [2.75, 3.05) is 16.4 Å². The monoisotopic (exact) mass is 356 g/mol. The first-order valence-corrected chi connectivity index (χ1v) is 9.36. The van der Waals surface area contributed by atoms with E-state index in [1.807, 2.05) is 63.2 Å². The first kappa shape index (κ1) is 19.1. The zero-order chi connectivity index (χ0) is 18.2. The molecule has 0 radical (unpaired) electrons. The molecule has 0 heterocycles. The zero-order valence-electron chi connectivity index (χ0n) is 14.9. The van der Waals surface area contributed by atoms with E-state index in [9.17, 15) is 9.59 Å². The molecule has 2 aromatic carbocycles. The second-order valence-electron chi connectivity index (χ2n) is 5.98. The number of hydrogen-bond donors (Lipinski definition) is 2. The second kappa shape index (κ2) is 9.28. The van der Waals surface area contributed by atoms with Crippen LogP contribution >= 0.6 is 11.8 Å². The summed E-state index contributed by atoms with van der Waals surface area (Å²) in [5, 5.41) is 5.79. The fraction of sp³-hybridized carbons (Fsp3) is 0.300. The quantitative estimate of drug-likeness (QED) is 0.702. The predicted octanol–water partition coefficient (Wildman–Crippen LogP) is 4.77. The van der Waals surface area contributed by atoms with Crippen LogP contribution in [0.1, 0.15) is 30.9 Å². The summed E-state index contributed by atoms with van der Waals surface area (Å²) >= 11 is 1.47. The Hall–Kier alpha value is -2.27. The average Bonchev–Trinajstić information content (AvgIpc) is 2.57. The lowest BCUT2D eigenvalue weighted by atomic mass is 10.1. The van der Waals surface area contributed by atoms with Crippen LogP contribution in [-0.4, -0.2) is 17.6 Å². The van der Waals surface area contributed by atoms with Gasteiger partial charge in [0.05, 0.1) is 5.75 Å². The van der Waals surface area contributed by atoms with Crippen LogP contribution in [0, 0.1) is 13.8 Å². The smallest absolute Gasteiger partial charge is 0.234 e. The number of rotatable bonds is 7. The van der Waals surface area contributed by atoms with Crippen LogP contribution in [0.2, 0.25) is 0 Å². The number of anilines is 2. The lowest BCUT2D eigenvalue weighted by molar-refractivity contribution is -0.116. The molecule has 2 rings (SSSR count). The molecule has 0 aliphatic rings. The molecule has 0 aromatic heterocycles. The third-order valence-electron chi connectivity index (χ3n) is 3.64. The van der Waals surface area contributed by atoms with E-state index in [1.54, 1.807) is 0 Å². The number of benzene rings is 2. The lowest BCUT2D eigenvalue weighted by Gasteiger charge is -2.09. The number of hydrogen-bond acceptors (Lipinski definition) is 3. The average molecular weight is 356 g/mol. The van der Waals surface area contributed by atoms with Crippen molar-refractivity contribution < 1.29 is 9.59 Å². The topological polar surface area (TPSA) is 58.2 Å². The minimum atomic E-state index is -0.0303. The minimum Gasteiger partial charge on any atom is -0.326 e. The Kier molecular flexibility index (Phi) is 7.07. The largest absolute Gasteiger partial charge is 0.326 e. The first-order chi connectivity index (χ1) is 12.0. The Morgan fingerprint density at radius 1 is 0.960 bits per heavy atom. The van der Waals surface area contributed by atoms with Gasteiger partial charge in [-0.25, -0.2) is 0 Å². The van der Waals surface area contributed by atoms with E-state index in [1.165, 1.54) is 17.3 Å². The molecule has 0 aliphatic carbocycles. The standard InChI is InChI=1S/C20H24N2O2S/c1-4-5-19(23)21-16-7-9-17(10-8-16)25-13-20(24)22-18-11-6-14(2)12-15(18)3/h6-12H,4-5,13H2,1-3H3,(H,21,23)(H,22,24). The SMILES string of the molecule is CCCC(=O)Nc1ccc(SCC(=O)Nc2ccc(C)cc2C)cc1. The van der Waals surface area contributed by atoms with E-state index in [-0.39, 0.29) is 11.8 Å². The number of carbonyl (C=O) groups is 2. The van der Waals surface area contributed by atoms with E-state index in [4.69, 9.17) is 0 Å². The van der Waals surface area contributed by atoms with Crippen LogP contribution < -0.4 is 10.6 Å². The van der Waals surface area contributed by atoms with Gasteiger partial charge in [0, 0.05) is 22.7 Å². The first-order valence-electron chi connectivity index (χ1n) is 8.37. The molecular formula is C20H24N2O2S. The van der Waals surface area contributed by atoms with Gasteiger partial charge in [0.1, 0.15) is 0 Å². The Labute approximate surface area is 153 Å². The predicted molar refractivity (Wildman–Crippen MR) is 105 cm³/mol. The maximum absolute atomic E-state index is 12.1. The molecule has 0 atom stereocenters. The molecule has 2 amide bonds. The summed E-state index contributed by atoms with van der Waals surface area (Å²) in [6, 6.07) is 13.5. The summed E-state index contributed by atoms with van der Waals surface area (Å²) in [6.07, 6.45) is 1.35. The van der Waals surface area contributed by atoms with Crippen molar-refractivity contribution >= 4 is 35.0 Å². The molecule has 25 heavy (non-hydrogen) atoms. The molecule has 0 saturated carbocycles. The van der Waals surface area contributed by atoms with Crippen molar-refractivity contribution in [3.8, 4) is 0 Å². The highest BCUT2D eigenvalue weighted by atomic mass is 32.2. The van der Waals surface area contributed by atoms with Crippen LogP contribution in [0.3, 0.4) is 0 Å². The summed E-state index contributed by atoms with van der Waals surface area (Å²) in [5.74, 6) is 0.336. The maximum atomic E-state index is 12.1. The molecule has 2 N–H and O–H groups in total. The normalized spacial score (nSPS) is 10.4. The van der Waals surface area contributed by atoms with E-state index < -0.39 is 0 Å². The number of aryl methyl sites for hydroxylation is 2. The number of carbonyl (C=O) groups excluding carboxylic acids is 2. The maximum Gasteiger partial charge on any atom is 0.234 e. The van der Waals surface area contributed by atoms with E-state index >= 15 is 0 Å².